The van der Waals surface area contributed by atoms with Gasteiger partial charge >= 0.3 is 0 Å². The third-order valence-electron chi connectivity index (χ3n) is 5.00. The number of hydrogen-bond acceptors (Lipinski definition) is 2. The van der Waals surface area contributed by atoms with Crippen molar-refractivity contribution in [3.8, 4) is 0 Å². The van der Waals surface area contributed by atoms with E-state index in [1.165, 1.54) is 32.1 Å². The molecule has 1 aliphatic carbocycles. The van der Waals surface area contributed by atoms with Crippen LogP contribution in [0.25, 0.3) is 0 Å². The van der Waals surface area contributed by atoms with Crippen LogP contribution < -0.4 is 5.32 Å². The highest BCUT2D eigenvalue weighted by Gasteiger charge is 2.43. The van der Waals surface area contributed by atoms with Gasteiger partial charge in [0.1, 0.15) is 0 Å². The Morgan fingerprint density at radius 3 is 2.53 bits per heavy atom. The number of rotatable bonds is 5. The number of carbonyl (C=O) groups is 1. The first-order valence-corrected chi connectivity index (χ1v) is 8.31. The fourth-order valence-electron chi connectivity index (χ4n) is 3.95. The molecule has 1 saturated heterocycles. The second-order valence-electron chi connectivity index (χ2n) is 6.20. The Morgan fingerprint density at radius 1 is 1.16 bits per heavy atom. The lowest BCUT2D eigenvalue weighted by molar-refractivity contribution is -0.134. The van der Waals surface area contributed by atoms with Gasteiger partial charge in [-0.15, -0.1) is 0 Å². The van der Waals surface area contributed by atoms with Gasteiger partial charge in [0, 0.05) is 6.04 Å². The van der Waals surface area contributed by atoms with Gasteiger partial charge in [-0.1, -0.05) is 46.5 Å². The fourth-order valence-corrected chi connectivity index (χ4v) is 3.95. The molecule has 0 bridgehead atoms. The highest BCUT2D eigenvalue weighted by Crippen LogP contribution is 2.34. The third-order valence-corrected chi connectivity index (χ3v) is 5.00. The maximum atomic E-state index is 12.7. The van der Waals surface area contributed by atoms with E-state index < -0.39 is 0 Å². The van der Waals surface area contributed by atoms with Crippen LogP contribution in [0.15, 0.2) is 0 Å². The van der Waals surface area contributed by atoms with Gasteiger partial charge in [-0.25, -0.2) is 0 Å². The van der Waals surface area contributed by atoms with Crippen LogP contribution >= 0.6 is 0 Å². The molecule has 1 amide bonds. The molecule has 0 spiro atoms. The maximum absolute atomic E-state index is 12.7. The molecular formula is C16H30N2O. The topological polar surface area (TPSA) is 32.3 Å². The average molecular weight is 266 g/mol. The Balaban J connectivity index is 2.13. The zero-order valence-electron chi connectivity index (χ0n) is 12.8. The lowest BCUT2D eigenvalue weighted by atomic mass is 9.81. The van der Waals surface area contributed by atoms with E-state index in [9.17, 15) is 4.79 Å². The molecule has 1 aliphatic heterocycles. The quantitative estimate of drug-likeness (QED) is 0.828. The molecule has 0 aromatic carbocycles. The summed E-state index contributed by atoms with van der Waals surface area (Å²) in [6, 6.07) is 0.569. The van der Waals surface area contributed by atoms with E-state index in [0.717, 1.165) is 19.3 Å². The highest BCUT2D eigenvalue weighted by molar-refractivity contribution is 5.84. The largest absolute Gasteiger partial charge is 0.323 e. The van der Waals surface area contributed by atoms with Gasteiger partial charge in [-0.3, -0.25) is 10.1 Å². The smallest absolute Gasteiger partial charge is 0.241 e. The van der Waals surface area contributed by atoms with Crippen LogP contribution in [0, 0.1) is 5.92 Å². The first-order chi connectivity index (χ1) is 9.22. The SMILES string of the molecule is CCCC1NC(CC)N(C2CCCCC2CC)C1=O. The molecule has 1 heterocycles. The minimum absolute atomic E-state index is 0.0781. The number of amides is 1. The van der Waals surface area contributed by atoms with Gasteiger partial charge in [0.2, 0.25) is 5.91 Å². The summed E-state index contributed by atoms with van der Waals surface area (Å²) in [7, 11) is 0. The van der Waals surface area contributed by atoms with Gasteiger partial charge in [0.05, 0.1) is 12.2 Å². The third kappa shape index (κ3) is 2.96. The summed E-state index contributed by atoms with van der Waals surface area (Å²) in [5.41, 5.74) is 0. The Kier molecular flexibility index (Phi) is 5.26. The van der Waals surface area contributed by atoms with Crippen molar-refractivity contribution in [3.05, 3.63) is 0 Å². The number of nitrogens with zero attached hydrogens (tertiary/aromatic N) is 1. The molecule has 1 saturated carbocycles. The van der Waals surface area contributed by atoms with Crippen LogP contribution in [0.3, 0.4) is 0 Å². The van der Waals surface area contributed by atoms with Crippen LogP contribution in [0.2, 0.25) is 0 Å². The minimum Gasteiger partial charge on any atom is -0.323 e. The van der Waals surface area contributed by atoms with Crippen molar-refractivity contribution in [1.82, 2.24) is 10.2 Å². The Hall–Kier alpha value is -0.570. The summed E-state index contributed by atoms with van der Waals surface area (Å²) in [5.74, 6) is 1.09. The van der Waals surface area contributed by atoms with Crippen molar-refractivity contribution in [2.24, 2.45) is 5.92 Å². The molecule has 3 heteroatoms. The van der Waals surface area contributed by atoms with Gasteiger partial charge in [-0.05, 0) is 31.6 Å². The predicted molar refractivity (Wildman–Crippen MR) is 78.8 cm³/mol. The summed E-state index contributed by atoms with van der Waals surface area (Å²) in [6.45, 7) is 6.63. The highest BCUT2D eigenvalue weighted by atomic mass is 16.2. The monoisotopic (exact) mass is 266 g/mol. The summed E-state index contributed by atoms with van der Waals surface area (Å²) in [6.07, 6.45) is 9.73. The van der Waals surface area contributed by atoms with Crippen molar-refractivity contribution in [3.63, 3.8) is 0 Å². The standard InChI is InChI=1S/C16H30N2O/c1-4-9-13-16(19)18(15(6-3)17-13)14-11-8-7-10-12(14)5-2/h12-15,17H,4-11H2,1-3H3. The number of carbonyl (C=O) groups excluding carboxylic acids is 1. The molecule has 3 nitrogen and oxygen atoms in total. The molecule has 2 aliphatic rings. The summed E-state index contributed by atoms with van der Waals surface area (Å²) in [5, 5.41) is 3.56. The van der Waals surface area contributed by atoms with E-state index in [1.807, 2.05) is 0 Å². The van der Waals surface area contributed by atoms with Crippen LogP contribution in [0.5, 0.6) is 0 Å². The minimum atomic E-state index is 0.0781. The van der Waals surface area contributed by atoms with Gasteiger partial charge in [0.25, 0.3) is 0 Å². The molecule has 0 radical (unpaired) electrons. The van der Waals surface area contributed by atoms with Crippen LogP contribution in [-0.2, 0) is 4.79 Å². The van der Waals surface area contributed by atoms with E-state index in [1.54, 1.807) is 0 Å². The molecule has 4 unspecified atom stereocenters. The lowest BCUT2D eigenvalue weighted by Gasteiger charge is -2.40. The zero-order chi connectivity index (χ0) is 13.8. The summed E-state index contributed by atoms with van der Waals surface area (Å²) < 4.78 is 0. The maximum Gasteiger partial charge on any atom is 0.241 e. The average Bonchev–Trinajstić information content (AvgIpc) is 2.76. The molecule has 0 aromatic rings. The van der Waals surface area contributed by atoms with Crippen molar-refractivity contribution in [2.45, 2.75) is 90.4 Å². The van der Waals surface area contributed by atoms with Gasteiger partial charge < -0.3 is 4.90 Å². The molecule has 2 rings (SSSR count). The zero-order valence-corrected chi connectivity index (χ0v) is 12.8. The van der Waals surface area contributed by atoms with Crippen LogP contribution in [0.1, 0.15) is 72.1 Å². The van der Waals surface area contributed by atoms with Crippen molar-refractivity contribution in [2.75, 3.05) is 0 Å². The van der Waals surface area contributed by atoms with Crippen LogP contribution in [-0.4, -0.2) is 29.1 Å². The Labute approximate surface area is 118 Å². The molecule has 1 N–H and O–H groups in total. The normalized spacial score (nSPS) is 35.9. The molecule has 19 heavy (non-hydrogen) atoms. The first-order valence-electron chi connectivity index (χ1n) is 8.31. The molecular weight excluding hydrogens is 236 g/mol. The van der Waals surface area contributed by atoms with E-state index in [-0.39, 0.29) is 12.2 Å². The summed E-state index contributed by atoms with van der Waals surface area (Å²) in [4.78, 5) is 14.9. The number of hydrogen-bond donors (Lipinski definition) is 1. The fraction of sp³-hybridized carbons (Fsp3) is 0.938. The van der Waals surface area contributed by atoms with Crippen molar-refractivity contribution >= 4 is 5.91 Å². The molecule has 4 atom stereocenters. The second kappa shape index (κ2) is 6.74. The lowest BCUT2D eigenvalue weighted by Crippen LogP contribution is -2.49. The van der Waals surface area contributed by atoms with Gasteiger partial charge in [0.15, 0.2) is 0 Å². The Morgan fingerprint density at radius 2 is 1.89 bits per heavy atom. The molecule has 2 fully saturated rings. The van der Waals surface area contributed by atoms with Crippen LogP contribution in [0.4, 0.5) is 0 Å². The molecule has 0 aromatic heterocycles. The van der Waals surface area contributed by atoms with Gasteiger partial charge in [-0.2, -0.15) is 0 Å². The molecule has 110 valence electrons. The summed E-state index contributed by atoms with van der Waals surface area (Å²) >= 11 is 0. The predicted octanol–water partition coefficient (Wildman–Crippen LogP) is 3.29. The first kappa shape index (κ1) is 14.8. The van der Waals surface area contributed by atoms with Crippen molar-refractivity contribution in [1.29, 1.82) is 0 Å². The van der Waals surface area contributed by atoms with E-state index in [0.29, 0.717) is 17.9 Å². The van der Waals surface area contributed by atoms with E-state index in [4.69, 9.17) is 0 Å². The Bertz CT molecular complexity index is 305. The van der Waals surface area contributed by atoms with E-state index in [2.05, 4.69) is 31.0 Å². The number of nitrogens with one attached hydrogen (secondary N) is 1. The second-order valence-corrected chi connectivity index (χ2v) is 6.20. The van der Waals surface area contributed by atoms with E-state index >= 15 is 0 Å². The van der Waals surface area contributed by atoms with Crippen molar-refractivity contribution < 1.29 is 4.79 Å².